The number of benzene rings is 1. The highest BCUT2D eigenvalue weighted by Gasteiger charge is 2.13. The lowest BCUT2D eigenvalue weighted by atomic mass is 10.3. The first kappa shape index (κ1) is 16.8. The molecule has 0 aromatic heterocycles. The summed E-state index contributed by atoms with van der Waals surface area (Å²) in [6.07, 6.45) is -2.05. The molecule has 1 aromatic carbocycles. The lowest BCUT2D eigenvalue weighted by molar-refractivity contribution is 0.0819. The molecule has 1 aromatic rings. The summed E-state index contributed by atoms with van der Waals surface area (Å²) in [7, 11) is -3.61. The molecule has 3 N–H and O–H groups in total. The number of nitrogens with two attached hydrogens (primary N) is 1. The summed E-state index contributed by atoms with van der Waals surface area (Å²) in [5.74, 6) is 0.194. The van der Waals surface area contributed by atoms with Crippen LogP contribution in [0.3, 0.4) is 0 Å². The summed E-state index contributed by atoms with van der Waals surface area (Å²) in [6, 6.07) is 5.18. The normalized spacial score (nSPS) is 13.4. The van der Waals surface area contributed by atoms with E-state index in [0.717, 1.165) is 0 Å². The van der Waals surface area contributed by atoms with Gasteiger partial charge in [-0.05, 0) is 37.6 Å². The molecule has 0 spiro atoms. The molecule has 0 saturated carbocycles. The lowest BCUT2D eigenvalue weighted by Crippen LogP contribution is -2.29. The van der Waals surface area contributed by atoms with E-state index in [9.17, 15) is 17.2 Å². The molecule has 114 valence electrons. The maximum Gasteiger partial charge on any atom is 0.272 e. The van der Waals surface area contributed by atoms with Gasteiger partial charge in [-0.25, -0.2) is 21.9 Å². The fourth-order valence-electron chi connectivity index (χ4n) is 1.38. The molecule has 0 fully saturated rings. The Morgan fingerprint density at radius 2 is 1.90 bits per heavy atom. The van der Waals surface area contributed by atoms with E-state index in [2.05, 4.69) is 4.72 Å². The number of hydrogen-bond donors (Lipinski definition) is 2. The van der Waals surface area contributed by atoms with Gasteiger partial charge < -0.3 is 10.5 Å². The van der Waals surface area contributed by atoms with E-state index in [0.29, 0.717) is 6.42 Å². The molecular weight excluding hydrogens is 290 g/mol. The van der Waals surface area contributed by atoms with E-state index >= 15 is 0 Å². The third-order valence-corrected chi connectivity index (χ3v) is 3.88. The molecule has 0 heterocycles. The van der Waals surface area contributed by atoms with Gasteiger partial charge in [-0.2, -0.15) is 0 Å². The van der Waals surface area contributed by atoms with Crippen molar-refractivity contribution in [3.8, 4) is 5.75 Å². The van der Waals surface area contributed by atoms with Crippen LogP contribution >= 0.6 is 0 Å². The van der Waals surface area contributed by atoms with E-state index < -0.39 is 23.1 Å². The van der Waals surface area contributed by atoms with Crippen molar-refractivity contribution in [2.24, 2.45) is 5.73 Å². The molecule has 1 atom stereocenters. The minimum absolute atomic E-state index is 0.0478. The van der Waals surface area contributed by atoms with Crippen molar-refractivity contribution in [1.29, 1.82) is 0 Å². The summed E-state index contributed by atoms with van der Waals surface area (Å²) in [4.78, 5) is 0.0478. The van der Waals surface area contributed by atoms with Crippen LogP contribution in [0.15, 0.2) is 29.2 Å². The Morgan fingerprint density at radius 1 is 1.30 bits per heavy atom. The van der Waals surface area contributed by atoms with Crippen LogP contribution in [0.1, 0.15) is 13.3 Å². The van der Waals surface area contributed by atoms with E-state index in [4.69, 9.17) is 10.5 Å². The summed E-state index contributed by atoms with van der Waals surface area (Å²) >= 11 is 0. The van der Waals surface area contributed by atoms with Crippen LogP contribution in [0.2, 0.25) is 0 Å². The Hall–Kier alpha value is -1.25. The summed E-state index contributed by atoms with van der Waals surface area (Å²) in [5.41, 5.74) is 5.53. The molecule has 1 unspecified atom stereocenters. The van der Waals surface area contributed by atoms with Gasteiger partial charge in [0, 0.05) is 12.6 Å². The highest BCUT2D eigenvalue weighted by Crippen LogP contribution is 2.16. The molecule has 8 heteroatoms. The van der Waals surface area contributed by atoms with Crippen molar-refractivity contribution in [3.63, 3.8) is 0 Å². The van der Waals surface area contributed by atoms with Crippen LogP contribution in [0.25, 0.3) is 0 Å². The van der Waals surface area contributed by atoms with Gasteiger partial charge in [-0.1, -0.05) is 0 Å². The van der Waals surface area contributed by atoms with Crippen LogP contribution in [-0.2, 0) is 10.0 Å². The zero-order valence-corrected chi connectivity index (χ0v) is 11.9. The van der Waals surface area contributed by atoms with Crippen LogP contribution < -0.4 is 15.2 Å². The minimum atomic E-state index is -3.61. The number of hydrogen-bond acceptors (Lipinski definition) is 4. The summed E-state index contributed by atoms with van der Waals surface area (Å²) in [6.45, 7) is 1.30. The summed E-state index contributed by atoms with van der Waals surface area (Å²) in [5, 5.41) is 0. The quantitative estimate of drug-likeness (QED) is 0.759. The zero-order chi connectivity index (χ0) is 15.2. The molecule has 0 saturated heterocycles. The molecule has 0 aliphatic rings. The van der Waals surface area contributed by atoms with Gasteiger partial charge in [0.1, 0.15) is 12.4 Å². The molecule has 0 bridgehead atoms. The van der Waals surface area contributed by atoms with Crippen molar-refractivity contribution in [3.05, 3.63) is 24.3 Å². The number of halogens is 2. The van der Waals surface area contributed by atoms with Crippen LogP contribution in [-0.4, -0.2) is 34.0 Å². The Labute approximate surface area is 117 Å². The smallest absolute Gasteiger partial charge is 0.272 e. The molecule has 0 amide bonds. The number of ether oxygens (including phenoxy) is 1. The second-order valence-corrected chi connectivity index (χ2v) is 6.10. The molecule has 20 heavy (non-hydrogen) atoms. The largest absolute Gasteiger partial charge is 0.488 e. The Balaban J connectivity index is 2.62. The van der Waals surface area contributed by atoms with Gasteiger partial charge in [-0.3, -0.25) is 0 Å². The van der Waals surface area contributed by atoms with Crippen molar-refractivity contribution in [2.45, 2.75) is 30.7 Å². The highest BCUT2D eigenvalue weighted by atomic mass is 32.2. The fourth-order valence-corrected chi connectivity index (χ4v) is 2.43. The third-order valence-electron chi connectivity index (χ3n) is 2.40. The predicted molar refractivity (Wildman–Crippen MR) is 71.4 cm³/mol. The standard InChI is InChI=1S/C12H18F2N2O3S/c1-9(15)6-7-16-20(17,18)11-4-2-10(3-5-11)19-8-12(13)14/h2-5,9,12,16H,6-8,15H2,1H3. The first-order valence-electron chi connectivity index (χ1n) is 6.07. The van der Waals surface area contributed by atoms with E-state index in [1.54, 1.807) is 6.92 Å². The molecule has 0 aliphatic heterocycles. The van der Waals surface area contributed by atoms with Crippen LogP contribution in [0.5, 0.6) is 5.75 Å². The molecule has 0 radical (unpaired) electrons. The maximum absolute atomic E-state index is 12.0. The second-order valence-electron chi connectivity index (χ2n) is 4.34. The van der Waals surface area contributed by atoms with E-state index in [1.807, 2.05) is 0 Å². The maximum atomic E-state index is 12.0. The van der Waals surface area contributed by atoms with Crippen LogP contribution in [0.4, 0.5) is 8.78 Å². The van der Waals surface area contributed by atoms with Crippen molar-refractivity contribution < 1.29 is 21.9 Å². The second kappa shape index (κ2) is 7.51. The summed E-state index contributed by atoms with van der Waals surface area (Å²) < 4.78 is 54.8. The predicted octanol–water partition coefficient (Wildman–Crippen LogP) is 1.35. The Bertz CT molecular complexity index is 504. The number of rotatable bonds is 8. The number of nitrogens with one attached hydrogen (secondary N) is 1. The van der Waals surface area contributed by atoms with E-state index in [1.165, 1.54) is 24.3 Å². The fraction of sp³-hybridized carbons (Fsp3) is 0.500. The van der Waals surface area contributed by atoms with E-state index in [-0.39, 0.29) is 23.2 Å². The van der Waals surface area contributed by atoms with Crippen molar-refractivity contribution in [1.82, 2.24) is 4.72 Å². The van der Waals surface area contributed by atoms with Gasteiger partial charge in [0.25, 0.3) is 6.43 Å². The van der Waals surface area contributed by atoms with Gasteiger partial charge in [-0.15, -0.1) is 0 Å². The van der Waals surface area contributed by atoms with Crippen LogP contribution in [0, 0.1) is 0 Å². The first-order chi connectivity index (χ1) is 9.31. The van der Waals surface area contributed by atoms with Crippen molar-refractivity contribution >= 4 is 10.0 Å². The molecule has 5 nitrogen and oxygen atoms in total. The lowest BCUT2D eigenvalue weighted by Gasteiger charge is -2.09. The van der Waals surface area contributed by atoms with Gasteiger partial charge in [0.2, 0.25) is 10.0 Å². The number of sulfonamides is 1. The first-order valence-corrected chi connectivity index (χ1v) is 7.56. The Morgan fingerprint density at radius 3 is 2.40 bits per heavy atom. The topological polar surface area (TPSA) is 81.4 Å². The van der Waals surface area contributed by atoms with Gasteiger partial charge in [0.15, 0.2) is 0 Å². The highest BCUT2D eigenvalue weighted by molar-refractivity contribution is 7.89. The average molecular weight is 308 g/mol. The number of alkyl halides is 2. The van der Waals surface area contributed by atoms with Gasteiger partial charge >= 0.3 is 0 Å². The minimum Gasteiger partial charge on any atom is -0.488 e. The zero-order valence-electron chi connectivity index (χ0n) is 11.1. The third kappa shape index (κ3) is 5.81. The molecule has 1 rings (SSSR count). The molecular formula is C12H18F2N2O3S. The van der Waals surface area contributed by atoms with Crippen molar-refractivity contribution in [2.75, 3.05) is 13.2 Å². The van der Waals surface area contributed by atoms with Gasteiger partial charge in [0.05, 0.1) is 4.90 Å². The SMILES string of the molecule is CC(N)CCNS(=O)(=O)c1ccc(OCC(F)F)cc1. The molecule has 0 aliphatic carbocycles. The monoisotopic (exact) mass is 308 g/mol. The average Bonchev–Trinajstić information content (AvgIpc) is 2.36. The Kier molecular flexibility index (Phi) is 6.31.